The van der Waals surface area contributed by atoms with E-state index in [0.717, 1.165) is 45.1 Å². The van der Waals surface area contributed by atoms with Gasteiger partial charge in [-0.15, -0.1) is 0 Å². The topological polar surface area (TPSA) is 21.7 Å². The molecule has 1 aliphatic rings. The molecule has 1 aliphatic heterocycles. The average molecular weight is 263 g/mol. The third kappa shape index (κ3) is 4.84. The molecule has 0 amide bonds. The van der Waals surface area contributed by atoms with Crippen molar-refractivity contribution in [3.05, 3.63) is 29.3 Å². The van der Waals surface area contributed by atoms with Crippen LogP contribution in [0.25, 0.3) is 0 Å². The van der Waals surface area contributed by atoms with Crippen molar-refractivity contribution in [3.8, 4) is 5.75 Å². The number of rotatable bonds is 6. The van der Waals surface area contributed by atoms with E-state index in [4.69, 9.17) is 9.47 Å². The van der Waals surface area contributed by atoms with E-state index in [-0.39, 0.29) is 0 Å². The lowest BCUT2D eigenvalue weighted by atomic mass is 10.1. The summed E-state index contributed by atoms with van der Waals surface area (Å²) in [6, 6.07) is 6.31. The first-order valence-electron chi connectivity index (χ1n) is 7.26. The first kappa shape index (κ1) is 14.4. The molecule has 106 valence electrons. The molecule has 0 unspecified atom stereocenters. The van der Waals surface area contributed by atoms with Gasteiger partial charge in [-0.3, -0.25) is 4.90 Å². The molecule has 1 fully saturated rings. The summed E-state index contributed by atoms with van der Waals surface area (Å²) in [6.45, 7) is 10.2. The molecule has 0 bridgehead atoms. The van der Waals surface area contributed by atoms with E-state index >= 15 is 0 Å². The van der Waals surface area contributed by atoms with Crippen molar-refractivity contribution in [2.24, 2.45) is 0 Å². The molecule has 0 saturated carbocycles. The Kier molecular flexibility index (Phi) is 5.67. The van der Waals surface area contributed by atoms with Crippen LogP contribution in [-0.2, 0) is 4.74 Å². The normalized spacial score (nSPS) is 16.5. The standard InChI is InChI=1S/C16H25NO2/c1-14-5-6-16(13-15(14)2)19-10-4-3-7-17-8-11-18-12-9-17/h5-6,13H,3-4,7-12H2,1-2H3. The Balaban J connectivity index is 1.59. The summed E-state index contributed by atoms with van der Waals surface area (Å²) in [5.41, 5.74) is 2.62. The van der Waals surface area contributed by atoms with Gasteiger partial charge in [-0.2, -0.15) is 0 Å². The number of hydrogen-bond donors (Lipinski definition) is 0. The fourth-order valence-electron chi connectivity index (χ4n) is 2.26. The number of ether oxygens (including phenoxy) is 2. The highest BCUT2D eigenvalue weighted by atomic mass is 16.5. The predicted octanol–water partition coefficient (Wildman–Crippen LogP) is 2.79. The lowest BCUT2D eigenvalue weighted by Crippen LogP contribution is -2.36. The molecule has 3 nitrogen and oxygen atoms in total. The summed E-state index contributed by atoms with van der Waals surface area (Å²) in [6.07, 6.45) is 2.31. The Bertz CT molecular complexity index is 386. The number of hydrogen-bond acceptors (Lipinski definition) is 3. The lowest BCUT2D eigenvalue weighted by Gasteiger charge is -2.26. The maximum atomic E-state index is 5.79. The molecule has 1 aromatic carbocycles. The minimum Gasteiger partial charge on any atom is -0.494 e. The molecule has 2 rings (SSSR count). The third-order valence-electron chi connectivity index (χ3n) is 3.72. The van der Waals surface area contributed by atoms with Crippen LogP contribution >= 0.6 is 0 Å². The van der Waals surface area contributed by atoms with Gasteiger partial charge < -0.3 is 9.47 Å². The second-order valence-corrected chi connectivity index (χ2v) is 5.26. The number of aryl methyl sites for hydroxylation is 2. The van der Waals surface area contributed by atoms with Gasteiger partial charge in [-0.05, 0) is 56.5 Å². The summed E-state index contributed by atoms with van der Waals surface area (Å²) in [7, 11) is 0. The summed E-state index contributed by atoms with van der Waals surface area (Å²) in [5.74, 6) is 0.995. The van der Waals surface area contributed by atoms with E-state index in [1.807, 2.05) is 0 Å². The van der Waals surface area contributed by atoms with E-state index in [2.05, 4.69) is 36.9 Å². The van der Waals surface area contributed by atoms with E-state index in [1.165, 1.54) is 24.1 Å². The van der Waals surface area contributed by atoms with Crippen molar-refractivity contribution in [1.82, 2.24) is 4.90 Å². The quantitative estimate of drug-likeness (QED) is 0.737. The maximum absolute atomic E-state index is 5.79. The number of nitrogens with zero attached hydrogens (tertiary/aromatic N) is 1. The fourth-order valence-corrected chi connectivity index (χ4v) is 2.26. The zero-order valence-corrected chi connectivity index (χ0v) is 12.2. The summed E-state index contributed by atoms with van der Waals surface area (Å²) >= 11 is 0. The second kappa shape index (κ2) is 7.51. The van der Waals surface area contributed by atoms with E-state index in [9.17, 15) is 0 Å². The third-order valence-corrected chi connectivity index (χ3v) is 3.72. The molecule has 0 aliphatic carbocycles. The van der Waals surface area contributed by atoms with Gasteiger partial charge in [0, 0.05) is 13.1 Å². The molecular weight excluding hydrogens is 238 g/mol. The Hall–Kier alpha value is -1.06. The molecule has 1 saturated heterocycles. The number of benzene rings is 1. The van der Waals surface area contributed by atoms with Crippen molar-refractivity contribution in [2.45, 2.75) is 26.7 Å². The molecule has 0 radical (unpaired) electrons. The lowest BCUT2D eigenvalue weighted by molar-refractivity contribution is 0.0368. The highest BCUT2D eigenvalue weighted by molar-refractivity contribution is 5.33. The minimum atomic E-state index is 0.812. The second-order valence-electron chi connectivity index (χ2n) is 5.26. The van der Waals surface area contributed by atoms with Crippen molar-refractivity contribution in [1.29, 1.82) is 0 Å². The summed E-state index contributed by atoms with van der Waals surface area (Å²) < 4.78 is 11.1. The molecule has 0 aromatic heterocycles. The van der Waals surface area contributed by atoms with Gasteiger partial charge >= 0.3 is 0 Å². The molecule has 1 aromatic rings. The largest absolute Gasteiger partial charge is 0.494 e. The molecule has 0 N–H and O–H groups in total. The SMILES string of the molecule is Cc1ccc(OCCCCN2CCOCC2)cc1C. The molecular formula is C16H25NO2. The Morgan fingerprint density at radius 3 is 2.63 bits per heavy atom. The van der Waals surface area contributed by atoms with Crippen LogP contribution in [0.3, 0.4) is 0 Å². The molecule has 0 atom stereocenters. The maximum Gasteiger partial charge on any atom is 0.119 e. The average Bonchev–Trinajstić information content (AvgIpc) is 2.43. The van der Waals surface area contributed by atoms with Crippen molar-refractivity contribution >= 4 is 0 Å². The van der Waals surface area contributed by atoms with Gasteiger partial charge in [0.15, 0.2) is 0 Å². The number of morpholine rings is 1. The highest BCUT2D eigenvalue weighted by Gasteiger charge is 2.09. The van der Waals surface area contributed by atoms with Crippen LogP contribution in [0.4, 0.5) is 0 Å². The highest BCUT2D eigenvalue weighted by Crippen LogP contribution is 2.16. The molecule has 0 spiro atoms. The van der Waals surface area contributed by atoms with Crippen molar-refractivity contribution < 1.29 is 9.47 Å². The first-order valence-corrected chi connectivity index (χ1v) is 7.26. The Morgan fingerprint density at radius 1 is 1.11 bits per heavy atom. The molecule has 19 heavy (non-hydrogen) atoms. The smallest absolute Gasteiger partial charge is 0.119 e. The van der Waals surface area contributed by atoms with Crippen LogP contribution in [0, 0.1) is 13.8 Å². The van der Waals surface area contributed by atoms with Gasteiger partial charge in [-0.1, -0.05) is 6.07 Å². The van der Waals surface area contributed by atoms with Crippen LogP contribution in [0.15, 0.2) is 18.2 Å². The van der Waals surface area contributed by atoms with Gasteiger partial charge in [0.05, 0.1) is 19.8 Å². The van der Waals surface area contributed by atoms with Crippen LogP contribution < -0.4 is 4.74 Å². The van der Waals surface area contributed by atoms with E-state index in [1.54, 1.807) is 0 Å². The van der Waals surface area contributed by atoms with E-state index in [0.29, 0.717) is 0 Å². The Morgan fingerprint density at radius 2 is 1.89 bits per heavy atom. The summed E-state index contributed by atoms with van der Waals surface area (Å²) in [4.78, 5) is 2.47. The zero-order valence-electron chi connectivity index (χ0n) is 12.2. The van der Waals surface area contributed by atoms with Gasteiger partial charge in [0.2, 0.25) is 0 Å². The van der Waals surface area contributed by atoms with Gasteiger partial charge in [0.1, 0.15) is 5.75 Å². The van der Waals surface area contributed by atoms with Crippen LogP contribution in [0.5, 0.6) is 5.75 Å². The van der Waals surface area contributed by atoms with E-state index < -0.39 is 0 Å². The predicted molar refractivity (Wildman–Crippen MR) is 77.9 cm³/mol. The monoisotopic (exact) mass is 263 g/mol. The van der Waals surface area contributed by atoms with Crippen molar-refractivity contribution in [3.63, 3.8) is 0 Å². The van der Waals surface area contributed by atoms with Crippen LogP contribution in [0.1, 0.15) is 24.0 Å². The minimum absolute atomic E-state index is 0.812. The summed E-state index contributed by atoms with van der Waals surface area (Å²) in [5, 5.41) is 0. The molecule has 1 heterocycles. The molecule has 3 heteroatoms. The van der Waals surface area contributed by atoms with Gasteiger partial charge in [-0.25, -0.2) is 0 Å². The zero-order chi connectivity index (χ0) is 13.5. The van der Waals surface area contributed by atoms with Gasteiger partial charge in [0.25, 0.3) is 0 Å². The first-order chi connectivity index (χ1) is 9.25. The number of unbranched alkanes of at least 4 members (excludes halogenated alkanes) is 1. The fraction of sp³-hybridized carbons (Fsp3) is 0.625. The van der Waals surface area contributed by atoms with Crippen LogP contribution in [-0.4, -0.2) is 44.4 Å². The van der Waals surface area contributed by atoms with Crippen LogP contribution in [0.2, 0.25) is 0 Å². The van der Waals surface area contributed by atoms with Crippen molar-refractivity contribution in [2.75, 3.05) is 39.5 Å². The Labute approximate surface area is 116 Å².